The van der Waals surface area contributed by atoms with Crippen molar-refractivity contribution in [1.29, 1.82) is 0 Å². The number of phosphoric acid groups is 1. The van der Waals surface area contributed by atoms with Crippen LogP contribution in [0.2, 0.25) is 0 Å². The molecule has 67 heavy (non-hydrogen) atoms. The number of nitrogens with one attached hydrogen (secondary N) is 1. The summed E-state index contributed by atoms with van der Waals surface area (Å²) in [5, 5.41) is 3.03. The molecule has 3 atom stereocenters. The molecule has 0 radical (unpaired) electrons. The summed E-state index contributed by atoms with van der Waals surface area (Å²) in [5.41, 5.74) is 0. The Morgan fingerprint density at radius 1 is 0.537 bits per heavy atom. The van der Waals surface area contributed by atoms with Crippen LogP contribution >= 0.6 is 7.82 Å². The van der Waals surface area contributed by atoms with Gasteiger partial charge in [0.05, 0.1) is 33.8 Å². The number of likely N-dealkylation sites (N-methyl/N-ethyl adjacent to an activating group) is 1. The second-order valence-corrected chi connectivity index (χ2v) is 20.8. The summed E-state index contributed by atoms with van der Waals surface area (Å²) in [4.78, 5) is 37.5. The fourth-order valence-corrected chi connectivity index (χ4v) is 8.20. The molecule has 0 bridgehead atoms. The van der Waals surface area contributed by atoms with E-state index < -0.39 is 20.0 Å². The molecular formula is C57H104N2O7P+. The molecular weight excluding hydrogens is 856 g/mol. The molecule has 0 aromatic heterocycles. The minimum atomic E-state index is -4.45. The van der Waals surface area contributed by atoms with E-state index in [0.29, 0.717) is 17.4 Å². The Morgan fingerprint density at radius 2 is 0.955 bits per heavy atom. The summed E-state index contributed by atoms with van der Waals surface area (Å²) in [6.07, 6.45) is 58.9. The Bertz CT molecular complexity index is 1380. The van der Waals surface area contributed by atoms with Gasteiger partial charge in [-0.2, -0.15) is 0 Å². The monoisotopic (exact) mass is 960 g/mol. The van der Waals surface area contributed by atoms with Gasteiger partial charge in [-0.3, -0.25) is 18.6 Å². The molecule has 9 nitrogen and oxygen atoms in total. The Kier molecular flexibility index (Phi) is 45.3. The van der Waals surface area contributed by atoms with Crippen molar-refractivity contribution in [2.45, 2.75) is 238 Å². The lowest BCUT2D eigenvalue weighted by atomic mass is 10.0. The highest BCUT2D eigenvalue weighted by atomic mass is 31.2. The number of esters is 1. The van der Waals surface area contributed by atoms with Crippen molar-refractivity contribution in [1.82, 2.24) is 5.32 Å². The number of quaternary nitrogens is 1. The molecule has 1 amide bonds. The first-order chi connectivity index (χ1) is 32.4. The van der Waals surface area contributed by atoms with Crippen molar-refractivity contribution in [3.05, 3.63) is 72.9 Å². The summed E-state index contributed by atoms with van der Waals surface area (Å²) in [6.45, 7) is 6.76. The molecule has 0 aromatic carbocycles. The Morgan fingerprint density at radius 3 is 1.43 bits per heavy atom. The van der Waals surface area contributed by atoms with Gasteiger partial charge in [0.1, 0.15) is 19.3 Å². The Balaban J connectivity index is 5.46. The lowest BCUT2D eigenvalue weighted by Gasteiger charge is -2.27. The molecule has 0 aliphatic heterocycles. The summed E-state index contributed by atoms with van der Waals surface area (Å²) >= 11 is 0. The van der Waals surface area contributed by atoms with Crippen LogP contribution in [-0.4, -0.2) is 74.3 Å². The van der Waals surface area contributed by atoms with Gasteiger partial charge in [0.15, 0.2) is 0 Å². The lowest BCUT2D eigenvalue weighted by molar-refractivity contribution is -0.870. The highest BCUT2D eigenvalue weighted by Gasteiger charge is 2.30. The van der Waals surface area contributed by atoms with E-state index in [0.717, 1.165) is 116 Å². The maximum atomic E-state index is 13.5. The van der Waals surface area contributed by atoms with Crippen LogP contribution in [0.15, 0.2) is 72.9 Å². The highest BCUT2D eigenvalue weighted by Crippen LogP contribution is 2.43. The molecule has 0 rings (SSSR count). The number of hydrogen-bond donors (Lipinski definition) is 2. The molecule has 0 aliphatic carbocycles. The number of amides is 1. The van der Waals surface area contributed by atoms with Crippen LogP contribution < -0.4 is 5.32 Å². The highest BCUT2D eigenvalue weighted by molar-refractivity contribution is 7.47. The Hall–Kier alpha value is -2.55. The summed E-state index contributed by atoms with van der Waals surface area (Å²) < 4.78 is 30.5. The van der Waals surface area contributed by atoms with Gasteiger partial charge in [0.2, 0.25) is 5.91 Å². The molecule has 0 heterocycles. The zero-order chi connectivity index (χ0) is 49.4. The summed E-state index contributed by atoms with van der Waals surface area (Å²) in [7, 11) is 1.47. The standard InChI is InChI=1S/C57H103N2O7P/c1-7-10-13-16-19-22-25-28-31-34-37-40-43-46-49-56(60)58-54(53-65-67(62,63)64-52-51-59(4,5)6)55(48-45-42-39-36-33-30-27-24-21-18-15-12-9-3)66-57(61)50-47-44-41-38-35-32-29-26-23-20-17-14-11-8-2/h10-11,13-14,19-20,22-23,28,31,45,48,54-55H,7-9,12,15-18,21,24-27,29-30,32-44,46-47,49-53H2,1-6H3,(H-,58,60,62,63)/p+1/b13-10+,14-11+,22-19+,23-20+,31-28+,48-45+. The molecule has 0 aliphatic rings. The van der Waals surface area contributed by atoms with Gasteiger partial charge in [-0.25, -0.2) is 4.57 Å². The number of carbonyl (C=O) groups excluding carboxylic acids is 2. The third-order valence-electron chi connectivity index (χ3n) is 11.6. The lowest BCUT2D eigenvalue weighted by Crippen LogP contribution is -2.47. The first kappa shape index (κ1) is 64.5. The fourth-order valence-electron chi connectivity index (χ4n) is 7.46. The zero-order valence-electron chi connectivity index (χ0n) is 44.1. The van der Waals surface area contributed by atoms with Crippen LogP contribution in [0.25, 0.3) is 0 Å². The van der Waals surface area contributed by atoms with Crippen LogP contribution in [0.1, 0.15) is 226 Å². The smallest absolute Gasteiger partial charge is 0.456 e. The van der Waals surface area contributed by atoms with Crippen LogP contribution in [0, 0.1) is 0 Å². The molecule has 0 saturated heterocycles. The third-order valence-corrected chi connectivity index (χ3v) is 12.6. The number of ether oxygens (including phenoxy) is 1. The fraction of sp³-hybridized carbons (Fsp3) is 0.754. The van der Waals surface area contributed by atoms with Crippen molar-refractivity contribution >= 4 is 19.7 Å². The minimum absolute atomic E-state index is 0.0317. The second-order valence-electron chi connectivity index (χ2n) is 19.3. The van der Waals surface area contributed by atoms with Crippen LogP contribution in [0.3, 0.4) is 0 Å². The molecule has 3 unspecified atom stereocenters. The van der Waals surface area contributed by atoms with E-state index in [1.807, 2.05) is 33.3 Å². The largest absolute Gasteiger partial charge is 0.472 e. The van der Waals surface area contributed by atoms with Crippen molar-refractivity contribution in [3.8, 4) is 0 Å². The predicted octanol–water partition coefficient (Wildman–Crippen LogP) is 16.1. The summed E-state index contributed by atoms with van der Waals surface area (Å²) in [5.74, 6) is -0.544. The Labute approximate surface area is 413 Å². The zero-order valence-corrected chi connectivity index (χ0v) is 45.0. The quantitative estimate of drug-likeness (QED) is 0.0205. The van der Waals surface area contributed by atoms with Crippen LogP contribution in [0.4, 0.5) is 0 Å². The SMILES string of the molecule is CC/C=C/C/C=C/C/C=C/CCCCCCC(=O)NC(COP(=O)(O)OCC[N+](C)(C)C)C(/C=C/CCCCCCCCCCCCC)OC(=O)CCCCCCCCC/C=C/C/C=C/CC. The number of rotatable bonds is 48. The maximum absolute atomic E-state index is 13.5. The van der Waals surface area contributed by atoms with E-state index in [4.69, 9.17) is 13.8 Å². The number of allylic oxidation sites excluding steroid dienone is 11. The number of phosphoric ester groups is 1. The van der Waals surface area contributed by atoms with Gasteiger partial charge < -0.3 is 19.4 Å². The molecule has 0 saturated carbocycles. The van der Waals surface area contributed by atoms with Gasteiger partial charge in [-0.05, 0) is 89.5 Å². The topological polar surface area (TPSA) is 111 Å². The maximum Gasteiger partial charge on any atom is 0.472 e. The number of hydrogen-bond acceptors (Lipinski definition) is 6. The molecule has 388 valence electrons. The van der Waals surface area contributed by atoms with Crippen molar-refractivity contribution < 1.29 is 37.3 Å². The molecule has 0 spiro atoms. The predicted molar refractivity (Wildman–Crippen MR) is 286 cm³/mol. The van der Waals surface area contributed by atoms with Gasteiger partial charge in [-0.15, -0.1) is 0 Å². The van der Waals surface area contributed by atoms with E-state index in [9.17, 15) is 19.0 Å². The van der Waals surface area contributed by atoms with Crippen molar-refractivity contribution in [3.63, 3.8) is 0 Å². The van der Waals surface area contributed by atoms with E-state index in [1.165, 1.54) is 77.0 Å². The number of carbonyl (C=O) groups is 2. The van der Waals surface area contributed by atoms with Crippen molar-refractivity contribution in [2.75, 3.05) is 40.9 Å². The van der Waals surface area contributed by atoms with E-state index in [-0.39, 0.29) is 31.5 Å². The average Bonchev–Trinajstić information content (AvgIpc) is 3.28. The van der Waals surface area contributed by atoms with Crippen LogP contribution in [-0.2, 0) is 27.9 Å². The van der Waals surface area contributed by atoms with Crippen molar-refractivity contribution in [2.24, 2.45) is 0 Å². The molecule has 10 heteroatoms. The first-order valence-electron chi connectivity index (χ1n) is 27.3. The molecule has 0 aromatic rings. The van der Waals surface area contributed by atoms with Gasteiger partial charge in [0, 0.05) is 12.8 Å². The van der Waals surface area contributed by atoms with Gasteiger partial charge >= 0.3 is 13.8 Å². The van der Waals surface area contributed by atoms with Crippen LogP contribution in [0.5, 0.6) is 0 Å². The van der Waals surface area contributed by atoms with Gasteiger partial charge in [0.25, 0.3) is 0 Å². The second kappa shape index (κ2) is 47.1. The number of nitrogens with zero attached hydrogens (tertiary/aromatic N) is 1. The average molecular weight is 960 g/mol. The number of unbranched alkanes of at least 4 members (excludes halogenated alkanes) is 22. The van der Waals surface area contributed by atoms with Gasteiger partial charge in [-0.1, -0.05) is 197 Å². The summed E-state index contributed by atoms with van der Waals surface area (Å²) in [6, 6.07) is -0.864. The molecule has 2 N–H and O–H groups in total. The van der Waals surface area contributed by atoms with E-state index in [1.54, 1.807) is 0 Å². The molecule has 0 fully saturated rings. The first-order valence-corrected chi connectivity index (χ1v) is 28.8. The normalized spacial score (nSPS) is 14.4. The van der Waals surface area contributed by atoms with E-state index >= 15 is 0 Å². The van der Waals surface area contributed by atoms with E-state index in [2.05, 4.69) is 86.8 Å². The minimum Gasteiger partial charge on any atom is -0.456 e. The third kappa shape index (κ3) is 48.3.